The zero-order valence-electron chi connectivity index (χ0n) is 9.64. The van der Waals surface area contributed by atoms with Crippen LogP contribution >= 0.6 is 0 Å². The Morgan fingerprint density at radius 1 is 1.42 bits per heavy atom. The lowest BCUT2D eigenvalue weighted by atomic mass is 10.2. The topological polar surface area (TPSA) is 68.4 Å². The molecule has 0 aliphatic heterocycles. The number of methoxy groups -OCH3 is 1. The lowest BCUT2D eigenvalue weighted by Gasteiger charge is -2.13. The van der Waals surface area contributed by atoms with E-state index in [0.29, 0.717) is 6.07 Å². The first-order valence-corrected chi connectivity index (χ1v) is 4.90. The highest BCUT2D eigenvalue weighted by molar-refractivity contribution is 5.72. The maximum atomic E-state index is 12.4. The van der Waals surface area contributed by atoms with E-state index in [4.69, 9.17) is 0 Å². The van der Waals surface area contributed by atoms with Crippen LogP contribution in [0.4, 0.5) is 17.6 Å². The summed E-state index contributed by atoms with van der Waals surface area (Å²) in [7, 11) is 1.03. The number of rotatable bonds is 4. The zero-order valence-corrected chi connectivity index (χ0v) is 9.64. The minimum Gasteiger partial charge on any atom is -0.469 e. The third-order valence-corrected chi connectivity index (χ3v) is 2.08. The molecule has 0 radical (unpaired) electrons. The largest absolute Gasteiger partial charge is 0.573 e. The predicted molar refractivity (Wildman–Crippen MR) is 54.3 cm³/mol. The molecule has 106 valence electrons. The van der Waals surface area contributed by atoms with Gasteiger partial charge in [0.15, 0.2) is 0 Å². The van der Waals surface area contributed by atoms with Crippen LogP contribution in [0.3, 0.4) is 0 Å². The second-order valence-electron chi connectivity index (χ2n) is 3.40. The molecule has 0 bridgehead atoms. The van der Waals surface area contributed by atoms with Crippen molar-refractivity contribution in [3.05, 3.63) is 27.7 Å². The van der Waals surface area contributed by atoms with Crippen LogP contribution in [-0.2, 0) is 22.6 Å². The molecular weight excluding hydrogens is 274 g/mol. The number of H-pyrrole nitrogens is 1. The van der Waals surface area contributed by atoms with Gasteiger partial charge in [0, 0.05) is 0 Å². The second-order valence-corrected chi connectivity index (χ2v) is 3.40. The molecule has 1 aromatic heterocycles. The van der Waals surface area contributed by atoms with Crippen LogP contribution < -0.4 is 10.3 Å². The van der Waals surface area contributed by atoms with Gasteiger partial charge in [0.2, 0.25) is 0 Å². The van der Waals surface area contributed by atoms with Gasteiger partial charge >= 0.3 is 12.3 Å². The number of pyridine rings is 1. The number of ether oxygens (including phenoxy) is 2. The van der Waals surface area contributed by atoms with Crippen LogP contribution in [0.15, 0.2) is 10.9 Å². The Hall–Kier alpha value is -2.06. The summed E-state index contributed by atoms with van der Waals surface area (Å²) in [6.45, 7) is -1.26. The molecule has 1 heterocycles. The fourth-order valence-corrected chi connectivity index (χ4v) is 1.25. The van der Waals surface area contributed by atoms with Gasteiger partial charge in [-0.15, -0.1) is 13.2 Å². The summed E-state index contributed by atoms with van der Waals surface area (Å²) in [4.78, 5) is 24.2. The van der Waals surface area contributed by atoms with Crippen molar-refractivity contribution in [1.82, 2.24) is 4.98 Å². The van der Waals surface area contributed by atoms with E-state index in [9.17, 15) is 27.2 Å². The Labute approximate surface area is 104 Å². The van der Waals surface area contributed by atoms with Gasteiger partial charge in [-0.1, -0.05) is 0 Å². The molecule has 0 fully saturated rings. The number of esters is 1. The summed E-state index contributed by atoms with van der Waals surface area (Å²) in [6.07, 6.45) is -5.67. The quantitative estimate of drug-likeness (QED) is 0.671. The lowest BCUT2D eigenvalue weighted by Crippen LogP contribution is -2.23. The van der Waals surface area contributed by atoms with E-state index in [2.05, 4.69) is 9.47 Å². The predicted octanol–water partition coefficient (Wildman–Crippen LogP) is 1.46. The fourth-order valence-electron chi connectivity index (χ4n) is 1.25. The van der Waals surface area contributed by atoms with Crippen LogP contribution in [0, 0.1) is 0 Å². The number of nitrogens with one attached hydrogen (secondary N) is 1. The van der Waals surface area contributed by atoms with Gasteiger partial charge in [-0.3, -0.25) is 9.59 Å². The molecule has 9 heteroatoms. The molecule has 0 saturated carbocycles. The lowest BCUT2D eigenvalue weighted by molar-refractivity contribution is -0.275. The van der Waals surface area contributed by atoms with E-state index in [1.165, 1.54) is 0 Å². The molecule has 0 aliphatic rings. The van der Waals surface area contributed by atoms with Crippen molar-refractivity contribution >= 4 is 5.97 Å². The normalized spacial score (nSPS) is 11.2. The molecule has 19 heavy (non-hydrogen) atoms. The highest BCUT2D eigenvalue weighted by Gasteiger charge is 2.33. The third kappa shape index (κ3) is 4.27. The van der Waals surface area contributed by atoms with Gasteiger partial charge in [-0.05, 0) is 6.07 Å². The summed E-state index contributed by atoms with van der Waals surface area (Å²) < 4.78 is 56.8. The molecule has 0 spiro atoms. The molecule has 1 aromatic rings. The number of aromatic nitrogens is 1. The van der Waals surface area contributed by atoms with Crippen molar-refractivity contribution in [2.75, 3.05) is 7.11 Å². The van der Waals surface area contributed by atoms with Crippen LogP contribution in [0.25, 0.3) is 0 Å². The molecule has 0 saturated heterocycles. The van der Waals surface area contributed by atoms with Crippen molar-refractivity contribution < 1.29 is 31.8 Å². The summed E-state index contributed by atoms with van der Waals surface area (Å²) in [5, 5.41) is 0. The summed E-state index contributed by atoms with van der Waals surface area (Å²) in [6, 6.07) is 0.602. The second kappa shape index (κ2) is 5.72. The van der Waals surface area contributed by atoms with E-state index in [1.54, 1.807) is 0 Å². The van der Waals surface area contributed by atoms with Crippen molar-refractivity contribution in [3.8, 4) is 5.75 Å². The maximum Gasteiger partial charge on any atom is 0.573 e. The Kier molecular flexibility index (Phi) is 4.52. The van der Waals surface area contributed by atoms with E-state index < -0.39 is 48.0 Å². The zero-order chi connectivity index (χ0) is 14.6. The van der Waals surface area contributed by atoms with Gasteiger partial charge in [0.1, 0.15) is 12.4 Å². The van der Waals surface area contributed by atoms with E-state index in [0.717, 1.165) is 7.11 Å². The minimum atomic E-state index is -5.03. The first-order chi connectivity index (χ1) is 8.76. The minimum absolute atomic E-state index is 0.439. The number of halogens is 4. The van der Waals surface area contributed by atoms with Crippen LogP contribution in [0.1, 0.15) is 11.3 Å². The van der Waals surface area contributed by atoms with Gasteiger partial charge in [0.05, 0.1) is 24.8 Å². The van der Waals surface area contributed by atoms with Gasteiger partial charge in [0.25, 0.3) is 5.56 Å². The van der Waals surface area contributed by atoms with E-state index >= 15 is 0 Å². The van der Waals surface area contributed by atoms with E-state index in [-0.39, 0.29) is 0 Å². The Balaban J connectivity index is 3.22. The van der Waals surface area contributed by atoms with Crippen molar-refractivity contribution in [2.45, 2.75) is 19.5 Å². The average Bonchev–Trinajstić information content (AvgIpc) is 2.30. The van der Waals surface area contributed by atoms with Crippen molar-refractivity contribution in [2.24, 2.45) is 0 Å². The number of hydrogen-bond acceptors (Lipinski definition) is 4. The molecule has 0 atom stereocenters. The van der Waals surface area contributed by atoms with Gasteiger partial charge in [-0.2, -0.15) is 0 Å². The van der Waals surface area contributed by atoms with Gasteiger partial charge in [-0.25, -0.2) is 4.39 Å². The summed E-state index contributed by atoms with van der Waals surface area (Å²) in [5.41, 5.74) is -1.91. The standard InChI is InChI=1S/C10H9F4NO4/c1-18-8(16)3-6-7(19-10(12,13)14)2-5(4-11)9(17)15-6/h2H,3-4H2,1H3,(H,15,17). The summed E-state index contributed by atoms with van der Waals surface area (Å²) in [5.74, 6) is -1.72. The van der Waals surface area contributed by atoms with Crippen molar-refractivity contribution in [3.63, 3.8) is 0 Å². The highest BCUT2D eigenvalue weighted by atomic mass is 19.4. The highest BCUT2D eigenvalue weighted by Crippen LogP contribution is 2.25. The average molecular weight is 283 g/mol. The first-order valence-electron chi connectivity index (χ1n) is 4.90. The Morgan fingerprint density at radius 2 is 2.05 bits per heavy atom. The first kappa shape index (κ1) is 15.0. The number of hydrogen-bond donors (Lipinski definition) is 1. The molecule has 1 rings (SSSR count). The fraction of sp³-hybridized carbons (Fsp3) is 0.400. The molecular formula is C10H9F4NO4. The molecule has 5 nitrogen and oxygen atoms in total. The molecule has 1 N–H and O–H groups in total. The monoisotopic (exact) mass is 283 g/mol. The van der Waals surface area contributed by atoms with Crippen LogP contribution in [-0.4, -0.2) is 24.4 Å². The number of aromatic amines is 1. The van der Waals surface area contributed by atoms with Crippen molar-refractivity contribution in [1.29, 1.82) is 0 Å². The summed E-state index contributed by atoms with van der Waals surface area (Å²) >= 11 is 0. The maximum absolute atomic E-state index is 12.4. The molecule has 0 amide bonds. The Bertz CT molecular complexity index is 523. The molecule has 0 aromatic carbocycles. The Morgan fingerprint density at radius 3 is 2.53 bits per heavy atom. The molecule has 0 aliphatic carbocycles. The smallest absolute Gasteiger partial charge is 0.469 e. The van der Waals surface area contributed by atoms with Crippen LogP contribution in [0.5, 0.6) is 5.75 Å². The third-order valence-electron chi connectivity index (χ3n) is 2.08. The SMILES string of the molecule is COC(=O)Cc1[nH]c(=O)c(CF)cc1OC(F)(F)F. The van der Waals surface area contributed by atoms with Crippen LogP contribution in [0.2, 0.25) is 0 Å². The van der Waals surface area contributed by atoms with Gasteiger partial charge < -0.3 is 14.5 Å². The number of carbonyl (C=O) groups is 1. The number of alkyl halides is 4. The number of carbonyl (C=O) groups excluding carboxylic acids is 1. The van der Waals surface area contributed by atoms with E-state index in [1.807, 2.05) is 4.98 Å². The molecule has 0 unspecified atom stereocenters.